The number of hydrogen-bond acceptors (Lipinski definition) is 3. The lowest BCUT2D eigenvalue weighted by atomic mass is 10.2. The zero-order valence-corrected chi connectivity index (χ0v) is 14.5. The van der Waals surface area contributed by atoms with Gasteiger partial charge in [-0.3, -0.25) is 4.79 Å². The van der Waals surface area contributed by atoms with Crippen molar-refractivity contribution >= 4 is 37.5 Å². The largest absolute Gasteiger partial charge is 0.325 e. The van der Waals surface area contributed by atoms with Gasteiger partial charge >= 0.3 is 0 Å². The Labute approximate surface area is 133 Å². The lowest BCUT2D eigenvalue weighted by molar-refractivity contribution is -0.116. The van der Waals surface area contributed by atoms with Gasteiger partial charge < -0.3 is 5.32 Å². The minimum absolute atomic E-state index is 0.0823. The summed E-state index contributed by atoms with van der Waals surface area (Å²) in [5, 5.41) is 2.80. The number of anilines is 1. The van der Waals surface area contributed by atoms with Gasteiger partial charge in [0, 0.05) is 23.5 Å². The Kier molecular flexibility index (Phi) is 5.06. The predicted octanol–water partition coefficient (Wildman–Crippen LogP) is 2.51. The molecule has 1 amide bonds. The SMILES string of the molecule is Cc1ccc(NC(=O)CCN(C2CC2)S(C)(=O)=O)c(Br)c1. The molecule has 0 bridgehead atoms. The average Bonchev–Trinajstić information content (AvgIpc) is 3.16. The van der Waals surface area contributed by atoms with E-state index in [1.807, 2.05) is 25.1 Å². The second kappa shape index (κ2) is 6.46. The van der Waals surface area contributed by atoms with Crippen LogP contribution in [0.5, 0.6) is 0 Å². The summed E-state index contributed by atoms with van der Waals surface area (Å²) < 4.78 is 25.6. The molecule has 5 nitrogen and oxygen atoms in total. The molecule has 0 aliphatic heterocycles. The highest BCUT2D eigenvalue weighted by Gasteiger charge is 2.34. The standard InChI is InChI=1S/C14H19BrN2O3S/c1-10-3-6-13(12(15)9-10)16-14(18)7-8-17(11-4-5-11)21(2,19)20/h3,6,9,11H,4-5,7-8H2,1-2H3,(H,16,18). The van der Waals surface area contributed by atoms with Crippen LogP contribution in [0.2, 0.25) is 0 Å². The van der Waals surface area contributed by atoms with E-state index in [1.165, 1.54) is 10.6 Å². The molecule has 1 N–H and O–H groups in total. The molecule has 1 aliphatic rings. The van der Waals surface area contributed by atoms with Gasteiger partial charge in [-0.25, -0.2) is 8.42 Å². The van der Waals surface area contributed by atoms with E-state index in [0.717, 1.165) is 22.9 Å². The average molecular weight is 375 g/mol. The molecule has 1 saturated carbocycles. The molecule has 2 rings (SSSR count). The first-order valence-electron chi connectivity index (χ1n) is 6.80. The molecule has 1 aromatic rings. The van der Waals surface area contributed by atoms with E-state index >= 15 is 0 Å². The van der Waals surface area contributed by atoms with Crippen LogP contribution in [0, 0.1) is 6.92 Å². The predicted molar refractivity (Wildman–Crippen MR) is 86.7 cm³/mol. The summed E-state index contributed by atoms with van der Waals surface area (Å²) in [6.07, 6.45) is 3.13. The lowest BCUT2D eigenvalue weighted by Gasteiger charge is -2.19. The number of halogens is 1. The molecular formula is C14H19BrN2O3S. The van der Waals surface area contributed by atoms with Crippen molar-refractivity contribution in [1.82, 2.24) is 4.31 Å². The summed E-state index contributed by atoms with van der Waals surface area (Å²) in [6, 6.07) is 5.74. The topological polar surface area (TPSA) is 66.5 Å². The Morgan fingerprint density at radius 3 is 2.62 bits per heavy atom. The summed E-state index contributed by atoms with van der Waals surface area (Å²) in [7, 11) is -3.24. The van der Waals surface area contributed by atoms with Crippen molar-refractivity contribution in [3.05, 3.63) is 28.2 Å². The third-order valence-corrected chi connectivity index (χ3v) is 5.33. The highest BCUT2D eigenvalue weighted by atomic mass is 79.9. The molecule has 0 heterocycles. The lowest BCUT2D eigenvalue weighted by Crippen LogP contribution is -2.34. The molecule has 7 heteroatoms. The molecule has 21 heavy (non-hydrogen) atoms. The monoisotopic (exact) mass is 374 g/mol. The summed E-state index contributed by atoms with van der Waals surface area (Å²) in [6.45, 7) is 2.20. The second-order valence-corrected chi connectivity index (χ2v) is 8.18. The molecule has 0 radical (unpaired) electrons. The van der Waals surface area contributed by atoms with E-state index in [1.54, 1.807) is 0 Å². The smallest absolute Gasteiger partial charge is 0.225 e. The van der Waals surface area contributed by atoms with Gasteiger partial charge in [-0.05, 0) is 53.4 Å². The highest BCUT2D eigenvalue weighted by molar-refractivity contribution is 9.10. The normalized spacial score (nSPS) is 15.2. The van der Waals surface area contributed by atoms with Crippen molar-refractivity contribution in [2.75, 3.05) is 18.1 Å². The van der Waals surface area contributed by atoms with Crippen molar-refractivity contribution < 1.29 is 13.2 Å². The van der Waals surface area contributed by atoms with Crippen LogP contribution in [0.15, 0.2) is 22.7 Å². The van der Waals surface area contributed by atoms with Gasteiger partial charge in [0.05, 0.1) is 11.9 Å². The van der Waals surface area contributed by atoms with Crippen LogP contribution in [0.4, 0.5) is 5.69 Å². The molecule has 1 fully saturated rings. The Morgan fingerprint density at radius 1 is 1.43 bits per heavy atom. The quantitative estimate of drug-likeness (QED) is 0.831. The van der Waals surface area contributed by atoms with Crippen LogP contribution < -0.4 is 5.32 Å². The molecule has 0 saturated heterocycles. The Hall–Kier alpha value is -0.920. The first-order chi connectivity index (χ1) is 9.77. The zero-order valence-electron chi connectivity index (χ0n) is 12.1. The number of nitrogens with one attached hydrogen (secondary N) is 1. The van der Waals surface area contributed by atoms with Crippen LogP contribution >= 0.6 is 15.9 Å². The molecule has 0 aromatic heterocycles. The van der Waals surface area contributed by atoms with Gasteiger partial charge in [0.25, 0.3) is 0 Å². The summed E-state index contributed by atoms with van der Waals surface area (Å²) in [5.74, 6) is -0.186. The Morgan fingerprint density at radius 2 is 2.10 bits per heavy atom. The number of benzene rings is 1. The van der Waals surface area contributed by atoms with Gasteiger partial charge in [0.2, 0.25) is 15.9 Å². The van der Waals surface area contributed by atoms with Crippen molar-refractivity contribution in [2.24, 2.45) is 0 Å². The fraction of sp³-hybridized carbons (Fsp3) is 0.500. The van der Waals surface area contributed by atoms with Gasteiger partial charge in [-0.15, -0.1) is 0 Å². The molecule has 1 aromatic carbocycles. The van der Waals surface area contributed by atoms with E-state index in [0.29, 0.717) is 5.69 Å². The fourth-order valence-electron chi connectivity index (χ4n) is 2.13. The van der Waals surface area contributed by atoms with Crippen LogP contribution in [0.3, 0.4) is 0 Å². The molecular weight excluding hydrogens is 356 g/mol. The van der Waals surface area contributed by atoms with Crippen molar-refractivity contribution in [2.45, 2.75) is 32.2 Å². The maximum absolute atomic E-state index is 12.0. The summed E-state index contributed by atoms with van der Waals surface area (Å²) in [4.78, 5) is 12.0. The first-order valence-corrected chi connectivity index (χ1v) is 9.44. The van der Waals surface area contributed by atoms with Crippen LogP contribution in [-0.4, -0.2) is 37.5 Å². The number of nitrogens with zero attached hydrogens (tertiary/aromatic N) is 1. The van der Waals surface area contributed by atoms with Crippen LogP contribution in [0.25, 0.3) is 0 Å². The number of rotatable bonds is 6. The van der Waals surface area contributed by atoms with E-state index in [-0.39, 0.29) is 24.9 Å². The molecule has 0 atom stereocenters. The Bertz CT molecular complexity index is 642. The molecule has 0 unspecified atom stereocenters. The van der Waals surface area contributed by atoms with E-state index in [4.69, 9.17) is 0 Å². The Balaban J connectivity index is 1.92. The second-order valence-electron chi connectivity index (χ2n) is 5.39. The third kappa shape index (κ3) is 4.79. The van der Waals surface area contributed by atoms with Gasteiger partial charge in [-0.2, -0.15) is 4.31 Å². The van der Waals surface area contributed by atoms with Crippen molar-refractivity contribution in [3.8, 4) is 0 Å². The number of amides is 1. The maximum Gasteiger partial charge on any atom is 0.225 e. The minimum Gasteiger partial charge on any atom is -0.325 e. The highest BCUT2D eigenvalue weighted by Crippen LogP contribution is 2.29. The van der Waals surface area contributed by atoms with Crippen molar-refractivity contribution in [1.29, 1.82) is 0 Å². The van der Waals surface area contributed by atoms with Crippen molar-refractivity contribution in [3.63, 3.8) is 0 Å². The number of carbonyl (C=O) groups excluding carboxylic acids is 1. The first kappa shape index (κ1) is 16.5. The fourth-order valence-corrected chi connectivity index (χ4v) is 3.90. The third-order valence-electron chi connectivity index (χ3n) is 3.34. The number of aryl methyl sites for hydroxylation is 1. The number of hydrogen-bond donors (Lipinski definition) is 1. The van der Waals surface area contributed by atoms with E-state index in [9.17, 15) is 13.2 Å². The van der Waals surface area contributed by atoms with E-state index < -0.39 is 10.0 Å². The summed E-state index contributed by atoms with van der Waals surface area (Å²) in [5.41, 5.74) is 1.79. The number of carbonyl (C=O) groups is 1. The molecule has 0 spiro atoms. The zero-order chi connectivity index (χ0) is 15.6. The van der Waals surface area contributed by atoms with Gasteiger partial charge in [0.15, 0.2) is 0 Å². The van der Waals surface area contributed by atoms with Gasteiger partial charge in [0.1, 0.15) is 0 Å². The number of sulfonamides is 1. The maximum atomic E-state index is 12.0. The molecule has 1 aliphatic carbocycles. The summed E-state index contributed by atoms with van der Waals surface area (Å²) >= 11 is 3.40. The van der Waals surface area contributed by atoms with E-state index in [2.05, 4.69) is 21.2 Å². The molecule has 116 valence electrons. The van der Waals surface area contributed by atoms with Crippen LogP contribution in [0.1, 0.15) is 24.8 Å². The van der Waals surface area contributed by atoms with Gasteiger partial charge in [-0.1, -0.05) is 6.07 Å². The minimum atomic E-state index is -3.24. The van der Waals surface area contributed by atoms with Crippen LogP contribution in [-0.2, 0) is 14.8 Å².